The number of anilines is 1. The molecule has 0 aliphatic carbocycles. The topological polar surface area (TPSA) is 54.9 Å². The number of nitrogens with zero attached hydrogens (tertiary/aromatic N) is 2. The fourth-order valence-corrected chi connectivity index (χ4v) is 2.34. The van der Waals surface area contributed by atoms with Crippen molar-refractivity contribution < 1.29 is 4.79 Å². The van der Waals surface area contributed by atoms with E-state index in [1.54, 1.807) is 36.7 Å². The van der Waals surface area contributed by atoms with E-state index in [0.717, 1.165) is 17.0 Å². The highest BCUT2D eigenvalue weighted by Gasteiger charge is 2.10. The van der Waals surface area contributed by atoms with Crippen LogP contribution in [0.5, 0.6) is 0 Å². The molecule has 2 heterocycles. The molecule has 0 aliphatic rings. The van der Waals surface area contributed by atoms with E-state index < -0.39 is 0 Å². The Morgan fingerprint density at radius 3 is 2.65 bits per heavy atom. The summed E-state index contributed by atoms with van der Waals surface area (Å²) in [6, 6.07) is 14.5. The molecule has 3 rings (SSSR count). The van der Waals surface area contributed by atoms with E-state index in [2.05, 4.69) is 15.3 Å². The first kappa shape index (κ1) is 15.2. The monoisotopic (exact) mass is 323 g/mol. The molecular weight excluding hydrogens is 310 g/mol. The molecule has 1 aromatic carbocycles. The van der Waals surface area contributed by atoms with Gasteiger partial charge in [-0.3, -0.25) is 14.8 Å². The summed E-state index contributed by atoms with van der Waals surface area (Å²) >= 11 is 6.24. The summed E-state index contributed by atoms with van der Waals surface area (Å²) in [6.45, 7) is 1.88. The molecule has 1 amide bonds. The number of hydrogen-bond acceptors (Lipinski definition) is 3. The molecule has 0 spiro atoms. The molecule has 0 unspecified atom stereocenters. The molecule has 23 heavy (non-hydrogen) atoms. The van der Waals surface area contributed by atoms with E-state index >= 15 is 0 Å². The summed E-state index contributed by atoms with van der Waals surface area (Å²) in [5.41, 5.74) is 3.55. The number of aryl methyl sites for hydroxylation is 1. The summed E-state index contributed by atoms with van der Waals surface area (Å²) in [4.78, 5) is 20.7. The van der Waals surface area contributed by atoms with Crippen LogP contribution in [-0.2, 0) is 0 Å². The Morgan fingerprint density at radius 1 is 1.09 bits per heavy atom. The first-order chi connectivity index (χ1) is 11.1. The Morgan fingerprint density at radius 2 is 1.96 bits per heavy atom. The van der Waals surface area contributed by atoms with Gasteiger partial charge in [0.2, 0.25) is 0 Å². The summed E-state index contributed by atoms with van der Waals surface area (Å²) in [5.74, 6) is -0.216. The second-order valence-corrected chi connectivity index (χ2v) is 5.46. The predicted octanol–water partition coefficient (Wildman–Crippen LogP) is 4.36. The lowest BCUT2D eigenvalue weighted by atomic mass is 10.1. The number of benzene rings is 1. The van der Waals surface area contributed by atoms with Crippen LogP contribution < -0.4 is 5.32 Å². The molecule has 0 bridgehead atoms. The van der Waals surface area contributed by atoms with Crippen LogP contribution in [0.15, 0.2) is 60.9 Å². The van der Waals surface area contributed by atoms with Crippen molar-refractivity contribution in [2.75, 3.05) is 5.32 Å². The largest absolute Gasteiger partial charge is 0.322 e. The summed E-state index contributed by atoms with van der Waals surface area (Å²) in [7, 11) is 0. The number of hydrogen-bond donors (Lipinski definition) is 1. The number of halogens is 1. The number of pyridine rings is 2. The lowest BCUT2D eigenvalue weighted by Crippen LogP contribution is -2.12. The first-order valence-corrected chi connectivity index (χ1v) is 7.46. The van der Waals surface area contributed by atoms with Gasteiger partial charge in [-0.2, -0.15) is 0 Å². The Balaban J connectivity index is 1.86. The minimum atomic E-state index is -0.216. The van der Waals surface area contributed by atoms with Crippen LogP contribution in [0.4, 0.5) is 5.69 Å². The molecule has 114 valence electrons. The lowest BCUT2D eigenvalue weighted by molar-refractivity contribution is 0.102. The quantitative estimate of drug-likeness (QED) is 0.779. The maximum atomic E-state index is 12.3. The van der Waals surface area contributed by atoms with E-state index in [4.69, 9.17) is 11.6 Å². The van der Waals surface area contributed by atoms with Crippen LogP contribution in [0.2, 0.25) is 5.02 Å². The average Bonchev–Trinajstić information content (AvgIpc) is 2.58. The van der Waals surface area contributed by atoms with Gasteiger partial charge >= 0.3 is 0 Å². The van der Waals surface area contributed by atoms with Gasteiger partial charge < -0.3 is 5.32 Å². The average molecular weight is 324 g/mol. The molecule has 2 aromatic heterocycles. The van der Waals surface area contributed by atoms with Gasteiger partial charge in [-0.25, -0.2) is 0 Å². The van der Waals surface area contributed by atoms with E-state index in [1.165, 1.54) is 0 Å². The first-order valence-electron chi connectivity index (χ1n) is 7.08. The number of amides is 1. The molecule has 1 N–H and O–H groups in total. The van der Waals surface area contributed by atoms with Crippen LogP contribution in [0.3, 0.4) is 0 Å². The Bertz CT molecular complexity index is 833. The highest BCUT2D eigenvalue weighted by atomic mass is 35.5. The van der Waals surface area contributed by atoms with Gasteiger partial charge in [-0.1, -0.05) is 17.7 Å². The zero-order valence-corrected chi connectivity index (χ0v) is 13.2. The van der Waals surface area contributed by atoms with Crippen molar-refractivity contribution >= 4 is 23.2 Å². The molecule has 3 aromatic rings. The normalized spacial score (nSPS) is 10.3. The van der Waals surface area contributed by atoms with Crippen molar-refractivity contribution in [2.45, 2.75) is 6.92 Å². The molecule has 0 radical (unpaired) electrons. The SMILES string of the molecule is Cc1ccc(C(=O)Nc2ccc(Cl)c(-c3ccccn3)c2)cn1. The fourth-order valence-electron chi connectivity index (χ4n) is 2.13. The smallest absolute Gasteiger partial charge is 0.257 e. The molecule has 0 saturated heterocycles. The van der Waals surface area contributed by atoms with Crippen molar-refractivity contribution in [3.05, 3.63) is 77.2 Å². The van der Waals surface area contributed by atoms with Gasteiger partial charge in [0, 0.05) is 29.3 Å². The van der Waals surface area contributed by atoms with Crippen molar-refractivity contribution in [1.82, 2.24) is 9.97 Å². The number of rotatable bonds is 3. The Kier molecular flexibility index (Phi) is 4.35. The summed E-state index contributed by atoms with van der Waals surface area (Å²) in [6.07, 6.45) is 3.26. The van der Waals surface area contributed by atoms with E-state index in [9.17, 15) is 4.79 Å². The highest BCUT2D eigenvalue weighted by molar-refractivity contribution is 6.33. The molecule has 0 fully saturated rings. The van der Waals surface area contributed by atoms with Crippen molar-refractivity contribution in [3.63, 3.8) is 0 Å². The number of carbonyl (C=O) groups excluding carboxylic acids is 1. The fraction of sp³-hybridized carbons (Fsp3) is 0.0556. The lowest BCUT2D eigenvalue weighted by Gasteiger charge is -2.09. The van der Waals surface area contributed by atoms with Gasteiger partial charge in [-0.05, 0) is 49.4 Å². The standard InChI is InChI=1S/C18H14ClN3O/c1-12-5-6-13(11-21-12)18(23)22-14-7-8-16(19)15(10-14)17-4-2-3-9-20-17/h2-11H,1H3,(H,22,23). The minimum Gasteiger partial charge on any atom is -0.322 e. The molecule has 4 nitrogen and oxygen atoms in total. The number of carbonyl (C=O) groups is 1. The number of nitrogens with one attached hydrogen (secondary N) is 1. The molecule has 0 aliphatic heterocycles. The summed E-state index contributed by atoms with van der Waals surface area (Å²) < 4.78 is 0. The second-order valence-electron chi connectivity index (χ2n) is 5.05. The molecular formula is C18H14ClN3O. The van der Waals surface area contributed by atoms with Crippen molar-refractivity contribution in [1.29, 1.82) is 0 Å². The maximum absolute atomic E-state index is 12.3. The van der Waals surface area contributed by atoms with Crippen molar-refractivity contribution in [3.8, 4) is 11.3 Å². The van der Waals surface area contributed by atoms with E-state index in [0.29, 0.717) is 16.3 Å². The highest BCUT2D eigenvalue weighted by Crippen LogP contribution is 2.29. The van der Waals surface area contributed by atoms with Gasteiger partial charge in [0.05, 0.1) is 16.3 Å². The zero-order chi connectivity index (χ0) is 16.2. The zero-order valence-electron chi connectivity index (χ0n) is 12.5. The van der Waals surface area contributed by atoms with Gasteiger partial charge in [0.15, 0.2) is 0 Å². The van der Waals surface area contributed by atoms with Gasteiger partial charge in [0.25, 0.3) is 5.91 Å². The summed E-state index contributed by atoms with van der Waals surface area (Å²) in [5, 5.41) is 3.43. The molecule has 0 atom stereocenters. The predicted molar refractivity (Wildman–Crippen MR) is 91.6 cm³/mol. The van der Waals surface area contributed by atoms with Gasteiger partial charge in [0.1, 0.15) is 0 Å². The van der Waals surface area contributed by atoms with E-state index in [1.807, 2.05) is 31.2 Å². The third-order valence-electron chi connectivity index (χ3n) is 3.34. The molecule has 0 saturated carbocycles. The van der Waals surface area contributed by atoms with Crippen molar-refractivity contribution in [2.24, 2.45) is 0 Å². The van der Waals surface area contributed by atoms with E-state index in [-0.39, 0.29) is 5.91 Å². The number of aromatic nitrogens is 2. The second kappa shape index (κ2) is 6.58. The third-order valence-corrected chi connectivity index (χ3v) is 3.67. The van der Waals surface area contributed by atoms with Crippen LogP contribution in [0.25, 0.3) is 11.3 Å². The Hall–Kier alpha value is -2.72. The minimum absolute atomic E-state index is 0.216. The van der Waals surface area contributed by atoms with Crippen LogP contribution >= 0.6 is 11.6 Å². The van der Waals surface area contributed by atoms with Crippen LogP contribution in [-0.4, -0.2) is 15.9 Å². The molecule has 5 heteroatoms. The van der Waals surface area contributed by atoms with Crippen LogP contribution in [0.1, 0.15) is 16.1 Å². The van der Waals surface area contributed by atoms with Gasteiger partial charge in [-0.15, -0.1) is 0 Å². The van der Waals surface area contributed by atoms with Crippen LogP contribution in [0, 0.1) is 6.92 Å². The third kappa shape index (κ3) is 3.55. The maximum Gasteiger partial charge on any atom is 0.257 e. The Labute approximate surface area is 139 Å².